The molecule has 2 aromatic rings. The molecule has 1 fully saturated rings. The third-order valence-corrected chi connectivity index (χ3v) is 4.21. The van der Waals surface area contributed by atoms with Crippen molar-refractivity contribution in [2.45, 2.75) is 39.0 Å². The quantitative estimate of drug-likeness (QED) is 0.870. The zero-order valence-corrected chi connectivity index (χ0v) is 13.9. The van der Waals surface area contributed by atoms with E-state index in [2.05, 4.69) is 37.5 Å². The minimum Gasteiger partial charge on any atom is -0.485 e. The molecule has 0 saturated heterocycles. The number of ether oxygens (including phenoxy) is 1. The Hall–Kier alpha value is -1.40. The van der Waals surface area contributed by atoms with Crippen molar-refractivity contribution in [2.24, 2.45) is 7.05 Å². The molecule has 5 nitrogen and oxygen atoms in total. The van der Waals surface area contributed by atoms with Crippen molar-refractivity contribution < 1.29 is 4.74 Å². The summed E-state index contributed by atoms with van der Waals surface area (Å²) in [6.45, 7) is 3.19. The third-order valence-electron chi connectivity index (χ3n) is 3.72. The van der Waals surface area contributed by atoms with E-state index in [1.807, 2.05) is 30.7 Å². The second-order valence-corrected chi connectivity index (χ2v) is 6.33. The monoisotopic (exact) mass is 350 g/mol. The predicted octanol–water partition coefficient (Wildman–Crippen LogP) is 2.72. The first-order valence-electron chi connectivity index (χ1n) is 7.13. The molecule has 0 radical (unpaired) electrons. The first kappa shape index (κ1) is 14.5. The zero-order valence-electron chi connectivity index (χ0n) is 12.3. The average molecular weight is 351 g/mol. The fourth-order valence-corrected chi connectivity index (χ4v) is 2.50. The van der Waals surface area contributed by atoms with Crippen molar-refractivity contribution in [1.82, 2.24) is 20.1 Å². The van der Waals surface area contributed by atoms with Crippen LogP contribution in [0.3, 0.4) is 0 Å². The van der Waals surface area contributed by atoms with Crippen LogP contribution in [0.5, 0.6) is 5.75 Å². The molecule has 1 aliphatic carbocycles. The number of nitrogens with one attached hydrogen (secondary N) is 1. The van der Waals surface area contributed by atoms with Crippen LogP contribution in [-0.4, -0.2) is 20.8 Å². The molecule has 1 aliphatic rings. The summed E-state index contributed by atoms with van der Waals surface area (Å²) in [6, 6.07) is 6.78. The van der Waals surface area contributed by atoms with Crippen LogP contribution >= 0.6 is 15.9 Å². The number of nitrogens with zero attached hydrogens (tertiary/aromatic N) is 3. The average Bonchev–Trinajstić information content (AvgIpc) is 3.24. The van der Waals surface area contributed by atoms with Gasteiger partial charge in [0, 0.05) is 29.7 Å². The lowest BCUT2D eigenvalue weighted by Crippen LogP contribution is -2.16. The molecule has 0 atom stereocenters. The molecule has 21 heavy (non-hydrogen) atoms. The minimum atomic E-state index is 0.426. The van der Waals surface area contributed by atoms with Crippen LogP contribution in [0, 0.1) is 6.92 Å². The number of hydrogen-bond acceptors (Lipinski definition) is 4. The lowest BCUT2D eigenvalue weighted by molar-refractivity contribution is 0.287. The molecule has 1 heterocycles. The van der Waals surface area contributed by atoms with Gasteiger partial charge in [0.1, 0.15) is 18.2 Å². The van der Waals surface area contributed by atoms with Crippen LogP contribution < -0.4 is 10.1 Å². The maximum absolute atomic E-state index is 5.94. The van der Waals surface area contributed by atoms with Gasteiger partial charge in [0.2, 0.25) is 0 Å². The Bertz CT molecular complexity index is 637. The summed E-state index contributed by atoms with van der Waals surface area (Å²) in [5, 5.41) is 11.7. The molecule has 1 N–H and O–H groups in total. The maximum atomic E-state index is 5.94. The van der Waals surface area contributed by atoms with Gasteiger partial charge in [0.25, 0.3) is 0 Å². The molecular formula is C15H19BrN4O. The van der Waals surface area contributed by atoms with Crippen molar-refractivity contribution in [1.29, 1.82) is 0 Å². The van der Waals surface area contributed by atoms with E-state index in [1.165, 1.54) is 12.8 Å². The number of halogens is 1. The van der Waals surface area contributed by atoms with Crippen LogP contribution in [0.15, 0.2) is 22.7 Å². The van der Waals surface area contributed by atoms with Gasteiger partial charge in [-0.25, -0.2) is 0 Å². The Kier molecular flexibility index (Phi) is 4.26. The van der Waals surface area contributed by atoms with Gasteiger partial charge in [-0.05, 0) is 38.0 Å². The van der Waals surface area contributed by atoms with Gasteiger partial charge in [-0.1, -0.05) is 15.9 Å². The molecular weight excluding hydrogens is 332 g/mol. The summed E-state index contributed by atoms with van der Waals surface area (Å²) < 4.78 is 8.95. The highest BCUT2D eigenvalue weighted by molar-refractivity contribution is 9.10. The number of hydrogen-bond donors (Lipinski definition) is 1. The summed E-state index contributed by atoms with van der Waals surface area (Å²) in [5.41, 5.74) is 1.16. The molecule has 6 heteroatoms. The number of aryl methyl sites for hydroxylation is 1. The van der Waals surface area contributed by atoms with E-state index in [9.17, 15) is 0 Å². The Labute approximate surface area is 132 Å². The van der Waals surface area contributed by atoms with Crippen molar-refractivity contribution in [3.05, 3.63) is 39.9 Å². The molecule has 112 valence electrons. The fraction of sp³-hybridized carbons (Fsp3) is 0.467. The summed E-state index contributed by atoms with van der Waals surface area (Å²) in [4.78, 5) is 0. The molecule has 0 amide bonds. The largest absolute Gasteiger partial charge is 0.485 e. The van der Waals surface area contributed by atoms with Gasteiger partial charge in [-0.15, -0.1) is 10.2 Å². The van der Waals surface area contributed by atoms with E-state index in [-0.39, 0.29) is 0 Å². The fourth-order valence-electron chi connectivity index (χ4n) is 2.09. The van der Waals surface area contributed by atoms with Crippen LogP contribution in [0.4, 0.5) is 0 Å². The Morgan fingerprint density at radius 3 is 2.86 bits per heavy atom. The molecule has 0 spiro atoms. The van der Waals surface area contributed by atoms with Crippen molar-refractivity contribution in [3.8, 4) is 5.75 Å². The lowest BCUT2D eigenvalue weighted by atomic mass is 10.2. The van der Waals surface area contributed by atoms with Crippen LogP contribution in [-0.2, 0) is 20.2 Å². The lowest BCUT2D eigenvalue weighted by Gasteiger charge is -2.12. The molecule has 1 saturated carbocycles. The van der Waals surface area contributed by atoms with Crippen molar-refractivity contribution >= 4 is 15.9 Å². The first-order chi connectivity index (χ1) is 10.1. The Balaban J connectivity index is 1.69. The summed E-state index contributed by atoms with van der Waals surface area (Å²) in [7, 11) is 1.95. The smallest absolute Gasteiger partial charge is 0.170 e. The van der Waals surface area contributed by atoms with Gasteiger partial charge < -0.3 is 14.6 Å². The molecule has 0 unspecified atom stereocenters. The summed E-state index contributed by atoms with van der Waals surface area (Å²) in [6.07, 6.45) is 2.56. The molecule has 0 bridgehead atoms. The van der Waals surface area contributed by atoms with E-state index in [0.717, 1.165) is 34.0 Å². The zero-order chi connectivity index (χ0) is 14.8. The van der Waals surface area contributed by atoms with Gasteiger partial charge >= 0.3 is 0 Å². The third kappa shape index (κ3) is 3.63. The SMILES string of the molecule is Cc1nnc(COc2ccc(Br)cc2CNC2CC2)n1C. The Morgan fingerprint density at radius 1 is 1.38 bits per heavy atom. The standard InChI is InChI=1S/C15H19BrN4O/c1-10-18-19-15(20(10)2)9-21-14-6-3-12(16)7-11(14)8-17-13-4-5-13/h3,6-7,13,17H,4-5,8-9H2,1-2H3. The highest BCUT2D eigenvalue weighted by Gasteiger charge is 2.20. The predicted molar refractivity (Wildman–Crippen MR) is 84.1 cm³/mol. The minimum absolute atomic E-state index is 0.426. The molecule has 1 aromatic carbocycles. The van der Waals surface area contributed by atoms with E-state index in [4.69, 9.17) is 4.74 Å². The van der Waals surface area contributed by atoms with Crippen molar-refractivity contribution in [2.75, 3.05) is 0 Å². The van der Waals surface area contributed by atoms with E-state index < -0.39 is 0 Å². The maximum Gasteiger partial charge on any atom is 0.170 e. The summed E-state index contributed by atoms with van der Waals surface area (Å²) in [5.74, 6) is 2.61. The van der Waals surface area contributed by atoms with Crippen LogP contribution in [0.25, 0.3) is 0 Å². The van der Waals surface area contributed by atoms with E-state index in [1.54, 1.807) is 0 Å². The number of aromatic nitrogens is 3. The number of benzene rings is 1. The van der Waals surface area contributed by atoms with Crippen molar-refractivity contribution in [3.63, 3.8) is 0 Å². The van der Waals surface area contributed by atoms with Gasteiger partial charge in [0.15, 0.2) is 5.82 Å². The second kappa shape index (κ2) is 6.15. The van der Waals surface area contributed by atoms with Gasteiger partial charge in [-0.2, -0.15) is 0 Å². The molecule has 1 aromatic heterocycles. The van der Waals surface area contributed by atoms with E-state index in [0.29, 0.717) is 12.6 Å². The van der Waals surface area contributed by atoms with Crippen LogP contribution in [0.2, 0.25) is 0 Å². The second-order valence-electron chi connectivity index (χ2n) is 5.42. The highest BCUT2D eigenvalue weighted by Crippen LogP contribution is 2.26. The number of rotatable bonds is 6. The van der Waals surface area contributed by atoms with Gasteiger partial charge in [0.05, 0.1) is 0 Å². The topological polar surface area (TPSA) is 52.0 Å². The summed E-state index contributed by atoms with van der Waals surface area (Å²) >= 11 is 3.52. The van der Waals surface area contributed by atoms with E-state index >= 15 is 0 Å². The highest BCUT2D eigenvalue weighted by atomic mass is 79.9. The molecule has 3 rings (SSSR count). The Morgan fingerprint density at radius 2 is 2.19 bits per heavy atom. The first-order valence-corrected chi connectivity index (χ1v) is 7.92. The van der Waals surface area contributed by atoms with Gasteiger partial charge in [-0.3, -0.25) is 0 Å². The molecule has 0 aliphatic heterocycles. The van der Waals surface area contributed by atoms with Crippen LogP contribution in [0.1, 0.15) is 30.1 Å². The normalized spacial score (nSPS) is 14.4.